The second-order valence-corrected chi connectivity index (χ2v) is 12.6. The van der Waals surface area contributed by atoms with Gasteiger partial charge in [0.15, 0.2) is 0 Å². The molecule has 2 heteroatoms. The van der Waals surface area contributed by atoms with Crippen molar-refractivity contribution >= 4 is 19.7 Å². The molecule has 1 aromatic rings. The lowest BCUT2D eigenvalue weighted by Gasteiger charge is -2.38. The van der Waals surface area contributed by atoms with Crippen LogP contribution in [0.25, 0.3) is 0 Å². The van der Waals surface area contributed by atoms with Crippen molar-refractivity contribution in [3.8, 4) is 0 Å². The number of hydrogen-bond donors (Lipinski definition) is 0. The molecule has 0 bridgehead atoms. The van der Waals surface area contributed by atoms with Gasteiger partial charge in [-0.1, -0.05) is 109 Å². The molecule has 0 amide bonds. The van der Waals surface area contributed by atoms with Crippen molar-refractivity contribution in [2.24, 2.45) is 0 Å². The highest BCUT2D eigenvalue weighted by Gasteiger charge is 2.37. The molecule has 0 aliphatic rings. The van der Waals surface area contributed by atoms with E-state index < -0.39 is 8.07 Å². The Balaban J connectivity index is 3.04. The number of benzene rings is 1. The molecule has 0 spiro atoms. The fraction of sp³-hybridized carbons (Fsp3) is 0.714. The Morgan fingerprint density at radius 2 is 1.26 bits per heavy atom. The third-order valence-electron chi connectivity index (χ3n) is 5.64. The second kappa shape index (κ2) is 11.3. The molecule has 0 fully saturated rings. The van der Waals surface area contributed by atoms with Crippen LogP contribution in [-0.4, -0.2) is 8.07 Å². The second-order valence-electron chi connectivity index (χ2n) is 7.27. The van der Waals surface area contributed by atoms with E-state index in [1.807, 2.05) is 0 Å². The Kier molecular flexibility index (Phi) is 10.2. The van der Waals surface area contributed by atoms with Crippen LogP contribution in [0.5, 0.6) is 0 Å². The molecule has 1 rings (SSSR count). The van der Waals surface area contributed by atoms with Crippen molar-refractivity contribution in [2.75, 3.05) is 0 Å². The van der Waals surface area contributed by atoms with Gasteiger partial charge in [0, 0.05) is 5.88 Å². The van der Waals surface area contributed by atoms with E-state index in [2.05, 4.69) is 52.0 Å². The summed E-state index contributed by atoms with van der Waals surface area (Å²) in [7, 11) is -1.26. The van der Waals surface area contributed by atoms with Gasteiger partial charge in [0.05, 0.1) is 8.07 Å². The van der Waals surface area contributed by atoms with E-state index in [-0.39, 0.29) is 0 Å². The zero-order chi connectivity index (χ0) is 17.1. The molecule has 0 aliphatic carbocycles. The van der Waals surface area contributed by atoms with Crippen LogP contribution < -0.4 is 0 Å². The first-order valence-corrected chi connectivity index (χ1v) is 13.0. The zero-order valence-corrected chi connectivity index (χ0v) is 17.6. The minimum absolute atomic E-state index is 0.624. The van der Waals surface area contributed by atoms with Crippen molar-refractivity contribution in [1.82, 2.24) is 0 Å². The summed E-state index contributed by atoms with van der Waals surface area (Å²) in [6.07, 6.45) is 8.28. The van der Waals surface area contributed by atoms with Crippen LogP contribution in [0.15, 0.2) is 24.3 Å². The summed E-state index contributed by atoms with van der Waals surface area (Å²) >= 11 is 5.96. The van der Waals surface area contributed by atoms with E-state index >= 15 is 0 Å². The highest BCUT2D eigenvalue weighted by atomic mass is 35.5. The van der Waals surface area contributed by atoms with Gasteiger partial charge in [-0.15, -0.1) is 11.6 Å². The summed E-state index contributed by atoms with van der Waals surface area (Å²) in [5.41, 5.74) is 3.58. The molecule has 23 heavy (non-hydrogen) atoms. The normalized spacial score (nSPS) is 13.3. The zero-order valence-electron chi connectivity index (χ0n) is 15.8. The number of rotatable bonds is 12. The summed E-state index contributed by atoms with van der Waals surface area (Å²) in [4.78, 5) is 0. The summed E-state index contributed by atoms with van der Waals surface area (Å²) in [6, 6.07) is 13.7. The molecule has 0 saturated heterocycles. The Labute approximate surface area is 151 Å². The van der Waals surface area contributed by atoms with Gasteiger partial charge in [0.2, 0.25) is 0 Å². The molecule has 1 atom stereocenters. The van der Waals surface area contributed by atoms with Gasteiger partial charge >= 0.3 is 0 Å². The van der Waals surface area contributed by atoms with Crippen LogP contribution in [0.3, 0.4) is 0 Å². The van der Waals surface area contributed by atoms with Crippen LogP contribution in [0, 0.1) is 0 Å². The van der Waals surface area contributed by atoms with Crippen molar-refractivity contribution in [3.05, 3.63) is 35.4 Å². The lowest BCUT2D eigenvalue weighted by Crippen LogP contribution is -2.40. The average Bonchev–Trinajstić information content (AvgIpc) is 2.61. The predicted octanol–water partition coefficient (Wildman–Crippen LogP) is 7.92. The fourth-order valence-electron chi connectivity index (χ4n) is 3.86. The van der Waals surface area contributed by atoms with Crippen LogP contribution in [0.2, 0.25) is 18.1 Å². The Morgan fingerprint density at radius 3 is 1.61 bits per heavy atom. The Hall–Kier alpha value is -0.273. The molecule has 0 aromatic heterocycles. The van der Waals surface area contributed by atoms with E-state index in [0.29, 0.717) is 5.88 Å². The van der Waals surface area contributed by atoms with Crippen LogP contribution >= 0.6 is 11.6 Å². The largest absolute Gasteiger partial charge is 0.122 e. The van der Waals surface area contributed by atoms with Crippen LogP contribution in [0.1, 0.15) is 82.9 Å². The Bertz CT molecular complexity index is 391. The number of hydrogen-bond acceptors (Lipinski definition) is 0. The predicted molar refractivity (Wildman–Crippen MR) is 109 cm³/mol. The number of halogens is 1. The summed E-state index contributed by atoms with van der Waals surface area (Å²) in [5, 5.41) is 0. The first-order chi connectivity index (χ1) is 11.1. The van der Waals surface area contributed by atoms with E-state index in [4.69, 9.17) is 11.6 Å². The van der Waals surface area contributed by atoms with Crippen LogP contribution in [-0.2, 0) is 5.88 Å². The minimum Gasteiger partial charge on any atom is -0.122 e. The molecule has 0 heterocycles. The smallest absolute Gasteiger partial charge is 0.0609 e. The lowest BCUT2D eigenvalue weighted by atomic mass is 10.1. The lowest BCUT2D eigenvalue weighted by molar-refractivity contribution is 0.761. The fourth-order valence-corrected chi connectivity index (χ4v) is 10.2. The van der Waals surface area contributed by atoms with Crippen molar-refractivity contribution in [2.45, 2.75) is 95.8 Å². The van der Waals surface area contributed by atoms with Gasteiger partial charge in [0.1, 0.15) is 0 Å². The maximum atomic E-state index is 5.96. The third kappa shape index (κ3) is 6.27. The van der Waals surface area contributed by atoms with Gasteiger partial charge in [-0.3, -0.25) is 0 Å². The average molecular weight is 353 g/mol. The molecular weight excluding hydrogens is 316 g/mol. The van der Waals surface area contributed by atoms with E-state index in [1.54, 1.807) is 5.56 Å². The van der Waals surface area contributed by atoms with Gasteiger partial charge in [-0.25, -0.2) is 0 Å². The maximum absolute atomic E-state index is 5.96. The van der Waals surface area contributed by atoms with E-state index in [0.717, 1.165) is 5.54 Å². The third-order valence-corrected chi connectivity index (χ3v) is 12.2. The van der Waals surface area contributed by atoms with Gasteiger partial charge in [-0.2, -0.15) is 0 Å². The topological polar surface area (TPSA) is 0 Å². The van der Waals surface area contributed by atoms with Crippen molar-refractivity contribution in [3.63, 3.8) is 0 Å². The number of alkyl halides is 1. The first kappa shape index (κ1) is 20.8. The quantitative estimate of drug-likeness (QED) is 0.264. The molecule has 0 saturated carbocycles. The first-order valence-electron chi connectivity index (χ1n) is 9.78. The molecule has 0 aliphatic heterocycles. The molecular formula is C21H37ClSi. The molecule has 1 aromatic carbocycles. The minimum atomic E-state index is -1.26. The summed E-state index contributed by atoms with van der Waals surface area (Å²) in [5.74, 6) is 0.624. The SMILES string of the molecule is CCCC[Si](CCCC)(CCCC)C(C)c1ccc(CCl)cc1. The van der Waals surface area contributed by atoms with E-state index in [9.17, 15) is 0 Å². The summed E-state index contributed by atoms with van der Waals surface area (Å²) < 4.78 is 0. The summed E-state index contributed by atoms with van der Waals surface area (Å²) in [6.45, 7) is 9.57. The van der Waals surface area contributed by atoms with Crippen molar-refractivity contribution in [1.29, 1.82) is 0 Å². The molecule has 0 N–H and O–H groups in total. The molecule has 0 radical (unpaired) electrons. The molecule has 0 nitrogen and oxygen atoms in total. The Morgan fingerprint density at radius 1 is 0.826 bits per heavy atom. The van der Waals surface area contributed by atoms with Crippen LogP contribution in [0.4, 0.5) is 0 Å². The van der Waals surface area contributed by atoms with Gasteiger partial charge in [0.25, 0.3) is 0 Å². The maximum Gasteiger partial charge on any atom is 0.0609 e. The highest BCUT2D eigenvalue weighted by molar-refractivity contribution is 6.81. The highest BCUT2D eigenvalue weighted by Crippen LogP contribution is 2.40. The van der Waals surface area contributed by atoms with E-state index in [1.165, 1.54) is 62.2 Å². The molecule has 132 valence electrons. The van der Waals surface area contributed by atoms with Crippen molar-refractivity contribution < 1.29 is 0 Å². The van der Waals surface area contributed by atoms with Gasteiger partial charge < -0.3 is 0 Å². The van der Waals surface area contributed by atoms with Gasteiger partial charge in [-0.05, 0) is 16.7 Å². The number of unbranched alkanes of at least 4 members (excludes halogenated alkanes) is 3. The molecule has 1 unspecified atom stereocenters. The standard InChI is InChI=1S/C21H37ClSi/c1-5-8-15-23(16-9-6-2,17-10-7-3)19(4)21-13-11-20(18-22)12-14-21/h11-14,19H,5-10,15-18H2,1-4H3. The monoisotopic (exact) mass is 352 g/mol.